The van der Waals surface area contributed by atoms with Crippen molar-refractivity contribution in [3.05, 3.63) is 64.0 Å². The van der Waals surface area contributed by atoms with Crippen molar-refractivity contribution in [2.75, 3.05) is 6.54 Å². The van der Waals surface area contributed by atoms with Crippen molar-refractivity contribution in [1.82, 2.24) is 15.3 Å². The van der Waals surface area contributed by atoms with E-state index < -0.39 is 6.43 Å². The van der Waals surface area contributed by atoms with Gasteiger partial charge in [-0.3, -0.25) is 4.79 Å². The monoisotopic (exact) mass is 357 g/mol. The summed E-state index contributed by atoms with van der Waals surface area (Å²) in [6.07, 6.45) is -1.92. The molecule has 2 N–H and O–H groups in total. The molecule has 1 heterocycles. The number of benzene rings is 2. The van der Waals surface area contributed by atoms with Crippen LogP contribution in [0.3, 0.4) is 0 Å². The van der Waals surface area contributed by atoms with Crippen LogP contribution in [-0.4, -0.2) is 22.4 Å². The van der Waals surface area contributed by atoms with Crippen molar-refractivity contribution in [1.29, 1.82) is 0 Å². The maximum Gasteiger partial charge on any atom is 0.295 e. The molecule has 1 amide bonds. The number of nitrogens with zero attached hydrogens (tertiary/aromatic N) is 1. The van der Waals surface area contributed by atoms with Gasteiger partial charge in [0, 0.05) is 12.1 Å². The molecule has 3 aromatic rings. The number of nitrogens with one attached hydrogen (secondary N) is 2. The molecule has 0 unspecified atom stereocenters. The van der Waals surface area contributed by atoms with Crippen LogP contribution in [0.15, 0.2) is 30.3 Å². The fourth-order valence-corrected chi connectivity index (χ4v) is 3.28. The molecule has 0 saturated heterocycles. The van der Waals surface area contributed by atoms with Crippen molar-refractivity contribution in [3.8, 4) is 0 Å². The molecule has 4 nitrogen and oxygen atoms in total. The molecule has 26 heavy (non-hydrogen) atoms. The first-order valence-corrected chi connectivity index (χ1v) is 8.48. The first kappa shape index (κ1) is 18.0. The molecule has 0 aliphatic heterocycles. The van der Waals surface area contributed by atoms with Gasteiger partial charge in [-0.15, -0.1) is 0 Å². The largest absolute Gasteiger partial charge is 0.352 e. The maximum atomic E-state index is 12.7. The third-order valence-corrected chi connectivity index (χ3v) is 4.47. The Bertz CT molecular complexity index is 940. The Kier molecular flexibility index (Phi) is 5.02. The van der Waals surface area contributed by atoms with Gasteiger partial charge < -0.3 is 10.3 Å². The van der Waals surface area contributed by atoms with Crippen molar-refractivity contribution in [2.24, 2.45) is 0 Å². The van der Waals surface area contributed by atoms with Crippen LogP contribution in [0.25, 0.3) is 11.0 Å². The molecule has 0 bridgehead atoms. The minimum absolute atomic E-state index is 0.234. The van der Waals surface area contributed by atoms with E-state index in [-0.39, 0.29) is 11.7 Å². The highest BCUT2D eigenvalue weighted by atomic mass is 19.3. The van der Waals surface area contributed by atoms with Crippen LogP contribution in [0, 0.1) is 20.8 Å². The Morgan fingerprint density at radius 2 is 1.85 bits per heavy atom. The van der Waals surface area contributed by atoms with Crippen LogP contribution in [0.2, 0.25) is 0 Å². The highest BCUT2D eigenvalue weighted by Crippen LogP contribution is 2.21. The molecule has 136 valence electrons. The third kappa shape index (κ3) is 3.74. The van der Waals surface area contributed by atoms with Gasteiger partial charge in [0.15, 0.2) is 5.82 Å². The average molecular weight is 357 g/mol. The summed E-state index contributed by atoms with van der Waals surface area (Å²) in [6.45, 7) is 6.72. The molecule has 0 saturated carbocycles. The number of H-pyrrole nitrogens is 1. The molecule has 0 spiro atoms. The van der Waals surface area contributed by atoms with E-state index in [1.165, 1.54) is 22.3 Å². The smallest absolute Gasteiger partial charge is 0.295 e. The molecule has 0 radical (unpaired) electrons. The van der Waals surface area contributed by atoms with Crippen molar-refractivity contribution in [3.63, 3.8) is 0 Å². The van der Waals surface area contributed by atoms with E-state index in [4.69, 9.17) is 0 Å². The second kappa shape index (κ2) is 7.23. The zero-order valence-electron chi connectivity index (χ0n) is 15.0. The number of hydrogen-bond donors (Lipinski definition) is 2. The Morgan fingerprint density at radius 3 is 2.50 bits per heavy atom. The van der Waals surface area contributed by atoms with E-state index in [9.17, 15) is 13.6 Å². The normalized spacial score (nSPS) is 11.3. The number of halogens is 2. The predicted octanol–water partition coefficient (Wildman–Crippen LogP) is 4.40. The number of carbonyl (C=O) groups is 1. The summed E-state index contributed by atoms with van der Waals surface area (Å²) in [5.74, 6) is -0.620. The van der Waals surface area contributed by atoms with E-state index in [1.807, 2.05) is 0 Å². The lowest BCUT2D eigenvalue weighted by molar-refractivity contribution is 0.0954. The molecule has 1 aromatic heterocycles. The SMILES string of the molecule is Cc1cc(C)c(CCNC(=O)c2ccc3nc(C(F)F)[nH]c3c2)c(C)c1. The van der Waals surface area contributed by atoms with Gasteiger partial charge in [0.2, 0.25) is 0 Å². The number of aromatic nitrogens is 2. The molecule has 0 atom stereocenters. The van der Waals surface area contributed by atoms with Gasteiger partial charge in [-0.1, -0.05) is 17.7 Å². The van der Waals surface area contributed by atoms with Crippen LogP contribution >= 0.6 is 0 Å². The minimum Gasteiger partial charge on any atom is -0.352 e. The number of aryl methyl sites for hydroxylation is 3. The Hall–Kier alpha value is -2.76. The zero-order chi connectivity index (χ0) is 18.8. The molecular formula is C20H21F2N3O. The number of aromatic amines is 1. The summed E-state index contributed by atoms with van der Waals surface area (Å²) in [6, 6.07) is 8.98. The summed E-state index contributed by atoms with van der Waals surface area (Å²) in [5.41, 5.74) is 6.16. The molecule has 2 aromatic carbocycles. The van der Waals surface area contributed by atoms with Gasteiger partial charge in [0.1, 0.15) is 0 Å². The topological polar surface area (TPSA) is 57.8 Å². The maximum absolute atomic E-state index is 12.7. The van der Waals surface area contributed by atoms with Crippen molar-refractivity contribution >= 4 is 16.9 Å². The molecule has 6 heteroatoms. The summed E-state index contributed by atoms with van der Waals surface area (Å²) >= 11 is 0. The van der Waals surface area contributed by atoms with Crippen LogP contribution in [-0.2, 0) is 6.42 Å². The number of rotatable bonds is 5. The van der Waals surface area contributed by atoms with E-state index in [1.54, 1.807) is 18.2 Å². The third-order valence-electron chi connectivity index (χ3n) is 4.47. The van der Waals surface area contributed by atoms with Crippen molar-refractivity contribution in [2.45, 2.75) is 33.6 Å². The molecule has 0 aliphatic carbocycles. The molecule has 0 aliphatic rings. The Balaban J connectivity index is 1.68. The predicted molar refractivity (Wildman–Crippen MR) is 97.7 cm³/mol. The lowest BCUT2D eigenvalue weighted by Crippen LogP contribution is -2.26. The average Bonchev–Trinajstić information content (AvgIpc) is 3.00. The lowest BCUT2D eigenvalue weighted by Gasteiger charge is -2.12. The van der Waals surface area contributed by atoms with Gasteiger partial charge in [0.25, 0.3) is 12.3 Å². The first-order valence-electron chi connectivity index (χ1n) is 8.48. The van der Waals surface area contributed by atoms with E-state index in [0.29, 0.717) is 23.1 Å². The van der Waals surface area contributed by atoms with E-state index >= 15 is 0 Å². The quantitative estimate of drug-likeness (QED) is 0.711. The number of fused-ring (bicyclic) bond motifs is 1. The fraction of sp³-hybridized carbons (Fsp3) is 0.300. The van der Waals surface area contributed by atoms with Crippen LogP contribution in [0.5, 0.6) is 0 Å². The van der Waals surface area contributed by atoms with Gasteiger partial charge >= 0.3 is 0 Å². The van der Waals surface area contributed by atoms with Crippen LogP contribution in [0.1, 0.15) is 44.9 Å². The van der Waals surface area contributed by atoms with Crippen molar-refractivity contribution < 1.29 is 13.6 Å². The van der Waals surface area contributed by atoms with Gasteiger partial charge in [-0.25, -0.2) is 13.8 Å². The number of hydrogen-bond acceptors (Lipinski definition) is 2. The highest BCUT2D eigenvalue weighted by Gasteiger charge is 2.14. The number of imidazole rings is 1. The van der Waals surface area contributed by atoms with Gasteiger partial charge in [-0.05, 0) is 62.1 Å². The number of alkyl halides is 2. The summed E-state index contributed by atoms with van der Waals surface area (Å²) in [7, 11) is 0. The Morgan fingerprint density at radius 1 is 1.15 bits per heavy atom. The number of amides is 1. The summed E-state index contributed by atoms with van der Waals surface area (Å²) in [5, 5.41) is 2.89. The van der Waals surface area contributed by atoms with Crippen LogP contribution < -0.4 is 5.32 Å². The fourth-order valence-electron chi connectivity index (χ4n) is 3.28. The highest BCUT2D eigenvalue weighted by molar-refractivity contribution is 5.97. The number of carbonyl (C=O) groups excluding carboxylic acids is 1. The second-order valence-electron chi connectivity index (χ2n) is 6.54. The zero-order valence-corrected chi connectivity index (χ0v) is 15.0. The molecule has 3 rings (SSSR count). The van der Waals surface area contributed by atoms with E-state index in [0.717, 1.165) is 6.42 Å². The van der Waals surface area contributed by atoms with Gasteiger partial charge in [0.05, 0.1) is 11.0 Å². The lowest BCUT2D eigenvalue weighted by atomic mass is 9.97. The summed E-state index contributed by atoms with van der Waals surface area (Å²) in [4.78, 5) is 18.7. The molecule has 0 fully saturated rings. The first-order chi connectivity index (χ1) is 12.3. The molecular weight excluding hydrogens is 336 g/mol. The Labute approximate surface area is 150 Å². The summed E-state index contributed by atoms with van der Waals surface area (Å²) < 4.78 is 25.4. The minimum atomic E-state index is -2.67. The van der Waals surface area contributed by atoms with Gasteiger partial charge in [-0.2, -0.15) is 0 Å². The van der Waals surface area contributed by atoms with E-state index in [2.05, 4.69) is 48.2 Å². The second-order valence-corrected chi connectivity index (χ2v) is 6.54. The standard InChI is InChI=1S/C20H21F2N3O/c1-11-8-12(2)15(13(3)9-11)6-7-23-20(26)14-4-5-16-17(10-14)25-19(24-16)18(21)22/h4-5,8-10,18H,6-7H2,1-3H3,(H,23,26)(H,24,25). The van der Waals surface area contributed by atoms with Crippen LogP contribution in [0.4, 0.5) is 8.78 Å².